The fourth-order valence-corrected chi connectivity index (χ4v) is 2.55. The summed E-state index contributed by atoms with van der Waals surface area (Å²) in [6.45, 7) is 1.06. The summed E-state index contributed by atoms with van der Waals surface area (Å²) in [6.07, 6.45) is 3.06. The van der Waals surface area contributed by atoms with E-state index in [4.69, 9.17) is 9.47 Å². The number of anilines is 1. The molecule has 1 aliphatic heterocycles. The summed E-state index contributed by atoms with van der Waals surface area (Å²) in [5.41, 5.74) is 3.74. The molecule has 114 valence electrons. The van der Waals surface area contributed by atoms with Gasteiger partial charge in [-0.2, -0.15) is 0 Å². The Labute approximate surface area is 130 Å². The van der Waals surface area contributed by atoms with Gasteiger partial charge in [0.25, 0.3) is 0 Å². The van der Waals surface area contributed by atoms with Crippen LogP contribution < -0.4 is 14.8 Å². The molecule has 0 bridgehead atoms. The van der Waals surface area contributed by atoms with Gasteiger partial charge in [0.15, 0.2) is 0 Å². The van der Waals surface area contributed by atoms with E-state index in [1.54, 1.807) is 14.2 Å². The number of aromatic nitrogens is 1. The number of hydrogen-bond donors (Lipinski definition) is 2. The number of rotatable bonds is 2. The van der Waals surface area contributed by atoms with Crippen LogP contribution in [0.15, 0.2) is 48.7 Å². The van der Waals surface area contributed by atoms with Gasteiger partial charge in [0.1, 0.15) is 11.5 Å². The van der Waals surface area contributed by atoms with Crippen molar-refractivity contribution in [2.24, 2.45) is 0 Å². The molecule has 2 N–H and O–H groups in total. The minimum atomic E-state index is 0.889. The molecule has 0 amide bonds. The highest BCUT2D eigenvalue weighted by atomic mass is 16.5. The van der Waals surface area contributed by atoms with E-state index in [-0.39, 0.29) is 0 Å². The molecule has 1 aliphatic rings. The average Bonchev–Trinajstić information content (AvgIpc) is 3.22. The van der Waals surface area contributed by atoms with Crippen LogP contribution in [0.4, 0.5) is 5.69 Å². The van der Waals surface area contributed by atoms with Crippen LogP contribution in [0.2, 0.25) is 0 Å². The van der Waals surface area contributed by atoms with Crippen molar-refractivity contribution < 1.29 is 9.47 Å². The molecule has 4 heteroatoms. The molecular formula is C18H20N2O2. The van der Waals surface area contributed by atoms with Crippen molar-refractivity contribution in [3.63, 3.8) is 0 Å². The molecule has 0 atom stereocenters. The van der Waals surface area contributed by atoms with Crippen LogP contribution in [0, 0.1) is 0 Å². The van der Waals surface area contributed by atoms with Crippen molar-refractivity contribution >= 4 is 16.6 Å². The number of benzene rings is 2. The van der Waals surface area contributed by atoms with Crippen LogP contribution in [0.3, 0.4) is 0 Å². The standard InChI is InChI=1S/C9H11NO.C9H9NO/c2*1-11-8-3-2-7-4-5-10-9(7)6-8/h2-3,6,10H,4-5H2,1H3;2-6,10H,1H3. The molecule has 0 fully saturated rings. The Morgan fingerprint density at radius 2 is 1.68 bits per heavy atom. The van der Waals surface area contributed by atoms with Gasteiger partial charge >= 0.3 is 0 Å². The van der Waals surface area contributed by atoms with E-state index in [0.717, 1.165) is 30.0 Å². The minimum Gasteiger partial charge on any atom is -0.497 e. The Kier molecular flexibility index (Phi) is 4.19. The lowest BCUT2D eigenvalue weighted by Gasteiger charge is -2.02. The third-order valence-corrected chi connectivity index (χ3v) is 3.79. The zero-order chi connectivity index (χ0) is 15.4. The third-order valence-electron chi connectivity index (χ3n) is 3.79. The Hall–Kier alpha value is -2.62. The lowest BCUT2D eigenvalue weighted by atomic mass is 10.2. The third kappa shape index (κ3) is 3.01. The fraction of sp³-hybridized carbons (Fsp3) is 0.222. The van der Waals surface area contributed by atoms with E-state index in [2.05, 4.69) is 16.4 Å². The summed E-state index contributed by atoms with van der Waals surface area (Å²) < 4.78 is 10.2. The predicted octanol–water partition coefficient (Wildman–Crippen LogP) is 3.84. The molecule has 2 aromatic carbocycles. The smallest absolute Gasteiger partial charge is 0.120 e. The Bertz CT molecular complexity index is 765. The second-order valence-corrected chi connectivity index (χ2v) is 5.13. The van der Waals surface area contributed by atoms with Gasteiger partial charge in [-0.1, -0.05) is 6.07 Å². The topological polar surface area (TPSA) is 46.3 Å². The van der Waals surface area contributed by atoms with Crippen molar-refractivity contribution in [1.82, 2.24) is 4.98 Å². The van der Waals surface area contributed by atoms with E-state index >= 15 is 0 Å². The summed E-state index contributed by atoms with van der Waals surface area (Å²) in [5, 5.41) is 4.51. The van der Waals surface area contributed by atoms with Crippen molar-refractivity contribution in [2.45, 2.75) is 6.42 Å². The number of nitrogens with one attached hydrogen (secondary N) is 2. The second kappa shape index (κ2) is 6.43. The first-order valence-electron chi connectivity index (χ1n) is 7.32. The normalized spacial score (nSPS) is 12.1. The summed E-state index contributed by atoms with van der Waals surface area (Å²) in [6, 6.07) is 14.2. The lowest BCUT2D eigenvalue weighted by molar-refractivity contribution is 0.415. The van der Waals surface area contributed by atoms with E-state index in [1.165, 1.54) is 16.6 Å². The van der Waals surface area contributed by atoms with E-state index in [0.29, 0.717) is 0 Å². The number of fused-ring (bicyclic) bond motifs is 2. The predicted molar refractivity (Wildman–Crippen MR) is 90.0 cm³/mol. The Morgan fingerprint density at radius 1 is 0.909 bits per heavy atom. The number of hydrogen-bond acceptors (Lipinski definition) is 3. The molecular weight excluding hydrogens is 276 g/mol. The maximum atomic E-state index is 5.10. The fourth-order valence-electron chi connectivity index (χ4n) is 2.55. The van der Waals surface area contributed by atoms with Crippen molar-refractivity contribution in [3.05, 3.63) is 54.2 Å². The van der Waals surface area contributed by atoms with Crippen LogP contribution >= 0.6 is 0 Å². The zero-order valence-electron chi connectivity index (χ0n) is 12.8. The molecule has 0 aliphatic carbocycles. The highest BCUT2D eigenvalue weighted by molar-refractivity contribution is 5.80. The first-order chi connectivity index (χ1) is 10.8. The summed E-state index contributed by atoms with van der Waals surface area (Å²) >= 11 is 0. The van der Waals surface area contributed by atoms with Gasteiger partial charge in [0, 0.05) is 36.1 Å². The van der Waals surface area contributed by atoms with Crippen molar-refractivity contribution in [2.75, 3.05) is 26.1 Å². The summed E-state index contributed by atoms with van der Waals surface area (Å²) in [7, 11) is 3.36. The molecule has 0 unspecified atom stereocenters. The Morgan fingerprint density at radius 3 is 2.50 bits per heavy atom. The largest absolute Gasteiger partial charge is 0.497 e. The summed E-state index contributed by atoms with van der Waals surface area (Å²) in [5.74, 6) is 1.82. The SMILES string of the molecule is COc1ccc2c(c1)NCC2.COc1ccc2cc[nH]c2c1. The van der Waals surface area contributed by atoms with Crippen molar-refractivity contribution in [1.29, 1.82) is 0 Å². The van der Waals surface area contributed by atoms with Gasteiger partial charge in [-0.3, -0.25) is 0 Å². The van der Waals surface area contributed by atoms with Gasteiger partial charge < -0.3 is 19.8 Å². The van der Waals surface area contributed by atoms with Crippen molar-refractivity contribution in [3.8, 4) is 11.5 Å². The molecule has 4 nitrogen and oxygen atoms in total. The lowest BCUT2D eigenvalue weighted by Crippen LogP contribution is -1.91. The number of aromatic amines is 1. The van der Waals surface area contributed by atoms with Gasteiger partial charge in [-0.05, 0) is 41.6 Å². The van der Waals surface area contributed by atoms with Gasteiger partial charge in [0.2, 0.25) is 0 Å². The Balaban J connectivity index is 0.000000131. The summed E-state index contributed by atoms with van der Waals surface area (Å²) in [4.78, 5) is 3.11. The monoisotopic (exact) mass is 296 g/mol. The molecule has 3 aromatic rings. The quantitative estimate of drug-likeness (QED) is 0.755. The van der Waals surface area contributed by atoms with Crippen LogP contribution in [-0.2, 0) is 6.42 Å². The molecule has 0 saturated heterocycles. The minimum absolute atomic E-state index is 0.889. The van der Waals surface area contributed by atoms with Crippen LogP contribution in [0.25, 0.3) is 10.9 Å². The number of H-pyrrole nitrogens is 1. The molecule has 2 heterocycles. The highest BCUT2D eigenvalue weighted by Crippen LogP contribution is 2.26. The first kappa shape index (κ1) is 14.3. The van der Waals surface area contributed by atoms with Crippen LogP contribution in [0.1, 0.15) is 5.56 Å². The van der Waals surface area contributed by atoms with E-state index < -0.39 is 0 Å². The molecule has 1 aromatic heterocycles. The maximum absolute atomic E-state index is 5.10. The molecule has 22 heavy (non-hydrogen) atoms. The zero-order valence-corrected chi connectivity index (χ0v) is 12.8. The van der Waals surface area contributed by atoms with E-state index in [1.807, 2.05) is 42.6 Å². The molecule has 4 rings (SSSR count). The average molecular weight is 296 g/mol. The van der Waals surface area contributed by atoms with Gasteiger partial charge in [-0.25, -0.2) is 0 Å². The highest BCUT2D eigenvalue weighted by Gasteiger charge is 2.09. The molecule has 0 spiro atoms. The second-order valence-electron chi connectivity index (χ2n) is 5.13. The molecule has 0 radical (unpaired) electrons. The van der Waals surface area contributed by atoms with Gasteiger partial charge in [0.05, 0.1) is 14.2 Å². The van der Waals surface area contributed by atoms with Crippen LogP contribution in [0.5, 0.6) is 11.5 Å². The molecule has 0 saturated carbocycles. The maximum Gasteiger partial charge on any atom is 0.120 e. The first-order valence-corrected chi connectivity index (χ1v) is 7.32. The number of methoxy groups -OCH3 is 2. The van der Waals surface area contributed by atoms with Gasteiger partial charge in [-0.15, -0.1) is 0 Å². The van der Waals surface area contributed by atoms with E-state index in [9.17, 15) is 0 Å². The number of ether oxygens (including phenoxy) is 2. The van der Waals surface area contributed by atoms with Crippen LogP contribution in [-0.4, -0.2) is 25.7 Å².